The highest BCUT2D eigenvalue weighted by Gasteiger charge is 2.77. The lowest BCUT2D eigenvalue weighted by molar-refractivity contribution is -0.425. The summed E-state index contributed by atoms with van der Waals surface area (Å²) in [5, 5.41) is 0. The zero-order valence-corrected chi connectivity index (χ0v) is 22.5. The number of ether oxygens (including phenoxy) is 2. The molecule has 0 amide bonds. The van der Waals surface area contributed by atoms with Crippen LogP contribution in [-0.2, 0) is 9.78 Å². The topological polar surface area (TPSA) is 71.1 Å². The highest BCUT2D eigenvalue weighted by Crippen LogP contribution is 2.49. The second-order valence-corrected chi connectivity index (χ2v) is 9.24. The van der Waals surface area contributed by atoms with E-state index >= 15 is 0 Å². The molecule has 0 bridgehead atoms. The zero-order valence-electron chi connectivity index (χ0n) is 22.5. The van der Waals surface area contributed by atoms with Crippen LogP contribution < -0.4 is 9.47 Å². The first-order valence-electron chi connectivity index (χ1n) is 13.1. The highest BCUT2D eigenvalue weighted by molar-refractivity contribution is 5.92. The maximum Gasteiger partial charge on any atom is 0.460 e. The first-order chi connectivity index (χ1) is 19.7. The van der Waals surface area contributed by atoms with Gasteiger partial charge in [0.2, 0.25) is 0 Å². The molecule has 2 aromatic rings. The van der Waals surface area contributed by atoms with Crippen LogP contribution in [0.2, 0.25) is 0 Å². The average Bonchev–Trinajstić information content (AvgIpc) is 2.94. The predicted molar refractivity (Wildman–Crippen MR) is 133 cm³/mol. The van der Waals surface area contributed by atoms with E-state index in [4.69, 9.17) is 9.47 Å². The van der Waals surface area contributed by atoms with Gasteiger partial charge in [-0.05, 0) is 55.0 Å². The molecule has 0 heterocycles. The Bertz CT molecular complexity index is 1120. The van der Waals surface area contributed by atoms with Crippen molar-refractivity contribution in [3.8, 4) is 11.5 Å². The van der Waals surface area contributed by atoms with E-state index in [1.54, 1.807) is 12.1 Å². The minimum absolute atomic E-state index is 0.0905. The lowest BCUT2D eigenvalue weighted by Crippen LogP contribution is -2.57. The van der Waals surface area contributed by atoms with E-state index < -0.39 is 41.9 Å². The van der Waals surface area contributed by atoms with E-state index in [1.807, 2.05) is 0 Å². The van der Waals surface area contributed by atoms with Crippen molar-refractivity contribution in [2.45, 2.75) is 82.7 Å². The van der Waals surface area contributed by atoms with Crippen molar-refractivity contribution in [2.24, 2.45) is 0 Å². The molecular formula is C28H30F8O6. The minimum atomic E-state index is -6.81. The molecule has 0 fully saturated rings. The molecule has 0 spiro atoms. The molecule has 6 nitrogen and oxygen atoms in total. The first-order valence-corrected chi connectivity index (χ1v) is 13.1. The number of carbonyl (C=O) groups is 2. The summed E-state index contributed by atoms with van der Waals surface area (Å²) in [6.45, 7) is 2.71. The Morgan fingerprint density at radius 3 is 1.69 bits per heavy atom. The molecular weight excluding hydrogens is 584 g/mol. The van der Waals surface area contributed by atoms with Crippen LogP contribution >= 0.6 is 0 Å². The maximum atomic E-state index is 13.3. The normalized spacial score (nSPS) is 13.0. The monoisotopic (exact) mass is 614 g/mol. The molecule has 2 rings (SSSR count). The summed E-state index contributed by atoms with van der Waals surface area (Å²) >= 11 is 0. The summed E-state index contributed by atoms with van der Waals surface area (Å²) in [4.78, 5) is 31.0. The summed E-state index contributed by atoms with van der Waals surface area (Å²) in [5.74, 6) is -15.2. The van der Waals surface area contributed by atoms with E-state index in [-0.39, 0.29) is 11.3 Å². The lowest BCUT2D eigenvalue weighted by atomic mass is 10.1. The van der Waals surface area contributed by atoms with Gasteiger partial charge in [0.25, 0.3) is 0 Å². The van der Waals surface area contributed by atoms with E-state index in [0.717, 1.165) is 43.5 Å². The largest absolute Gasteiger partial charge is 0.494 e. The van der Waals surface area contributed by atoms with Crippen LogP contribution in [0, 0.1) is 0 Å². The summed E-state index contributed by atoms with van der Waals surface area (Å²) in [5.41, 5.74) is -0.359. The van der Waals surface area contributed by atoms with Gasteiger partial charge in [-0.2, -0.15) is 30.7 Å². The van der Waals surface area contributed by atoms with Crippen LogP contribution in [0.4, 0.5) is 35.1 Å². The number of alkyl halides is 8. The van der Waals surface area contributed by atoms with Crippen LogP contribution in [0.1, 0.15) is 79.0 Å². The number of unbranched alkanes of at least 4 members (excludes halogenated alkanes) is 7. The second kappa shape index (κ2) is 15.7. The van der Waals surface area contributed by atoms with Gasteiger partial charge in [0.15, 0.2) is 0 Å². The Hall–Kier alpha value is -3.42. The van der Waals surface area contributed by atoms with E-state index in [0.29, 0.717) is 12.4 Å². The van der Waals surface area contributed by atoms with Crippen LogP contribution in [0.5, 0.6) is 11.5 Å². The fourth-order valence-electron chi connectivity index (χ4n) is 3.46. The van der Waals surface area contributed by atoms with Gasteiger partial charge in [-0.1, -0.05) is 51.9 Å². The van der Waals surface area contributed by atoms with Crippen LogP contribution in [0.15, 0.2) is 48.5 Å². The van der Waals surface area contributed by atoms with Gasteiger partial charge in [0.1, 0.15) is 11.5 Å². The molecule has 0 aromatic heterocycles. The highest BCUT2D eigenvalue weighted by atomic mass is 19.4. The Morgan fingerprint density at radius 2 is 1.17 bits per heavy atom. The molecule has 1 atom stereocenters. The number of carbonyl (C=O) groups excluding carboxylic acids is 2. The van der Waals surface area contributed by atoms with Crippen molar-refractivity contribution in [3.63, 3.8) is 0 Å². The quantitative estimate of drug-likeness (QED) is 0.0444. The van der Waals surface area contributed by atoms with Crippen molar-refractivity contribution >= 4 is 11.9 Å². The first kappa shape index (κ1) is 34.8. The molecule has 14 heteroatoms. The van der Waals surface area contributed by atoms with Crippen molar-refractivity contribution in [1.29, 1.82) is 0 Å². The predicted octanol–water partition coefficient (Wildman–Crippen LogP) is 8.64. The molecule has 1 unspecified atom stereocenters. The Balaban J connectivity index is 1.79. The Labute approximate surface area is 236 Å². The molecule has 0 N–H and O–H groups in total. The maximum absolute atomic E-state index is 13.3. The molecule has 234 valence electrons. The molecule has 0 radical (unpaired) electrons. The molecule has 0 aliphatic carbocycles. The standard InChI is InChI=1S/C28H30F8O6/c1-2-3-4-5-6-7-8-9-18-39-21-14-10-19(11-15-21)23(37)40-22-16-12-20(13-17-22)24(38)41-42-25(29)26(30,31)27(32,33)28(34,35)36/h10-17,25H,2-9,18H2,1H3. The SMILES string of the molecule is CCCCCCCCCCOc1ccc(C(=O)Oc2ccc(C(=O)OOC(F)C(F)(F)C(F)(F)C(F)(F)F)cc2)cc1. The van der Waals surface area contributed by atoms with Gasteiger partial charge in [0, 0.05) is 0 Å². The lowest BCUT2D eigenvalue weighted by Gasteiger charge is -2.29. The van der Waals surface area contributed by atoms with Crippen LogP contribution in [-0.4, -0.2) is 42.9 Å². The molecule has 0 saturated heterocycles. The van der Waals surface area contributed by atoms with E-state index in [1.165, 1.54) is 44.2 Å². The summed E-state index contributed by atoms with van der Waals surface area (Å²) < 4.78 is 113. The third-order valence-corrected chi connectivity index (χ3v) is 5.93. The van der Waals surface area contributed by atoms with Crippen molar-refractivity contribution in [3.05, 3.63) is 59.7 Å². The Morgan fingerprint density at radius 1 is 0.690 bits per heavy atom. The van der Waals surface area contributed by atoms with Gasteiger partial charge in [-0.3, -0.25) is 4.89 Å². The summed E-state index contributed by atoms with van der Waals surface area (Å²) in [6.07, 6.45) is -2.14. The van der Waals surface area contributed by atoms with Gasteiger partial charge < -0.3 is 9.47 Å². The third kappa shape index (κ3) is 9.85. The number of benzene rings is 2. The Kier molecular flexibility index (Phi) is 13.0. The zero-order chi connectivity index (χ0) is 31.4. The minimum Gasteiger partial charge on any atom is -0.494 e. The molecule has 2 aromatic carbocycles. The summed E-state index contributed by atoms with van der Waals surface area (Å²) in [7, 11) is 0. The van der Waals surface area contributed by atoms with Crippen LogP contribution in [0.3, 0.4) is 0 Å². The van der Waals surface area contributed by atoms with Crippen LogP contribution in [0.25, 0.3) is 0 Å². The second-order valence-electron chi connectivity index (χ2n) is 9.24. The molecule has 0 aliphatic heterocycles. The average molecular weight is 615 g/mol. The molecule has 42 heavy (non-hydrogen) atoms. The van der Waals surface area contributed by atoms with Gasteiger partial charge in [-0.25, -0.2) is 14.0 Å². The number of esters is 1. The number of rotatable bonds is 17. The van der Waals surface area contributed by atoms with E-state index in [2.05, 4.69) is 16.7 Å². The smallest absolute Gasteiger partial charge is 0.460 e. The third-order valence-electron chi connectivity index (χ3n) is 5.93. The summed E-state index contributed by atoms with van der Waals surface area (Å²) in [6, 6.07) is 10.0. The van der Waals surface area contributed by atoms with Crippen molar-refractivity contribution in [2.75, 3.05) is 6.61 Å². The van der Waals surface area contributed by atoms with Gasteiger partial charge in [-0.15, -0.1) is 4.89 Å². The van der Waals surface area contributed by atoms with Gasteiger partial charge in [0.05, 0.1) is 17.7 Å². The van der Waals surface area contributed by atoms with Crippen molar-refractivity contribution < 1.29 is 64.0 Å². The fraction of sp³-hybridized carbons (Fsp3) is 0.500. The van der Waals surface area contributed by atoms with Crippen molar-refractivity contribution in [1.82, 2.24) is 0 Å². The van der Waals surface area contributed by atoms with E-state index in [9.17, 15) is 44.7 Å². The number of halogens is 8. The van der Waals surface area contributed by atoms with Gasteiger partial charge >= 0.3 is 36.3 Å². The fourth-order valence-corrected chi connectivity index (χ4v) is 3.46. The number of hydrogen-bond acceptors (Lipinski definition) is 6. The number of hydrogen-bond donors (Lipinski definition) is 0. The molecule has 0 saturated carbocycles. The molecule has 0 aliphatic rings.